The lowest BCUT2D eigenvalue weighted by Gasteiger charge is -2.00. The summed E-state index contributed by atoms with van der Waals surface area (Å²) in [6.07, 6.45) is 0. The molecule has 2 heterocycles. The molecule has 0 saturated heterocycles. The van der Waals surface area contributed by atoms with Crippen LogP contribution < -0.4 is 11.0 Å². The van der Waals surface area contributed by atoms with Crippen molar-refractivity contribution in [2.24, 2.45) is 0 Å². The maximum Gasteiger partial charge on any atom is 0.277 e. The number of aromatic nitrogens is 3. The van der Waals surface area contributed by atoms with Gasteiger partial charge >= 0.3 is 0 Å². The number of pyridine rings is 1. The third-order valence-electron chi connectivity index (χ3n) is 2.64. The largest absolute Gasteiger partial charge is 0.339 e. The van der Waals surface area contributed by atoms with Gasteiger partial charge in [0.15, 0.2) is 5.43 Å². The first-order chi connectivity index (χ1) is 8.25. The Labute approximate surface area is 95.1 Å². The molecule has 17 heavy (non-hydrogen) atoms. The summed E-state index contributed by atoms with van der Waals surface area (Å²) in [6, 6.07) is 10.9. The van der Waals surface area contributed by atoms with Gasteiger partial charge in [-0.15, -0.1) is 0 Å². The Morgan fingerprint density at radius 2 is 1.71 bits per heavy atom. The van der Waals surface area contributed by atoms with E-state index in [1.165, 1.54) is 6.07 Å². The molecule has 84 valence electrons. The molecule has 3 N–H and O–H groups in total. The normalized spacial score (nSPS) is 10.8. The van der Waals surface area contributed by atoms with Gasteiger partial charge in [0.25, 0.3) is 5.56 Å². The topological polar surface area (TPSA) is 81.5 Å². The van der Waals surface area contributed by atoms with Gasteiger partial charge in [-0.2, -0.15) is 0 Å². The van der Waals surface area contributed by atoms with Gasteiger partial charge < -0.3 is 4.98 Å². The lowest BCUT2D eigenvalue weighted by molar-refractivity contribution is 1.06. The molecule has 0 fully saturated rings. The zero-order valence-electron chi connectivity index (χ0n) is 8.78. The molecular weight excluding hydrogens is 218 g/mol. The lowest BCUT2D eigenvalue weighted by atomic mass is 10.1. The summed E-state index contributed by atoms with van der Waals surface area (Å²) < 4.78 is 0. The Morgan fingerprint density at radius 3 is 2.47 bits per heavy atom. The fourth-order valence-corrected chi connectivity index (χ4v) is 1.83. The summed E-state index contributed by atoms with van der Waals surface area (Å²) in [5.41, 5.74) is 1.30. The molecule has 0 amide bonds. The molecule has 0 atom stereocenters. The van der Waals surface area contributed by atoms with Crippen LogP contribution in [0.3, 0.4) is 0 Å². The van der Waals surface area contributed by atoms with Crippen LogP contribution in [-0.2, 0) is 0 Å². The van der Waals surface area contributed by atoms with Gasteiger partial charge in [0.2, 0.25) is 0 Å². The highest BCUT2D eigenvalue weighted by Crippen LogP contribution is 2.15. The van der Waals surface area contributed by atoms with Crippen molar-refractivity contribution in [1.29, 1.82) is 0 Å². The number of benzene rings is 1. The monoisotopic (exact) mass is 227 g/mol. The van der Waals surface area contributed by atoms with Gasteiger partial charge in [0.05, 0.1) is 5.69 Å². The summed E-state index contributed by atoms with van der Waals surface area (Å²) in [4.78, 5) is 26.2. The van der Waals surface area contributed by atoms with Crippen molar-refractivity contribution in [2.45, 2.75) is 0 Å². The van der Waals surface area contributed by atoms with E-state index in [2.05, 4.69) is 15.2 Å². The van der Waals surface area contributed by atoms with E-state index in [9.17, 15) is 9.59 Å². The van der Waals surface area contributed by atoms with E-state index in [-0.39, 0.29) is 10.8 Å². The molecule has 0 aliphatic rings. The van der Waals surface area contributed by atoms with Crippen molar-refractivity contribution in [1.82, 2.24) is 15.2 Å². The van der Waals surface area contributed by atoms with Crippen molar-refractivity contribution >= 4 is 11.0 Å². The van der Waals surface area contributed by atoms with Gasteiger partial charge in [0, 0.05) is 6.07 Å². The predicted octanol–water partition coefficient (Wildman–Crippen LogP) is 1.21. The van der Waals surface area contributed by atoms with Crippen LogP contribution in [0.25, 0.3) is 22.3 Å². The minimum Gasteiger partial charge on any atom is -0.339 e. The molecule has 2 aromatic heterocycles. The highest BCUT2D eigenvalue weighted by Gasteiger charge is 2.08. The summed E-state index contributed by atoms with van der Waals surface area (Å²) in [6.45, 7) is 0. The molecule has 0 radical (unpaired) electrons. The predicted molar refractivity (Wildman–Crippen MR) is 65.0 cm³/mol. The number of fused-ring (bicyclic) bond motifs is 1. The standard InChI is InChI=1S/C12H9N3O2/c16-9-6-8(7-4-2-1-3-5-7)13-11-10(9)12(17)15-14-11/h1-6H,(H3,13,14,15,16,17). The number of nitrogens with one attached hydrogen (secondary N) is 3. The second-order valence-electron chi connectivity index (χ2n) is 3.74. The second kappa shape index (κ2) is 3.48. The number of hydrogen-bond acceptors (Lipinski definition) is 2. The zero-order chi connectivity index (χ0) is 11.8. The van der Waals surface area contributed by atoms with E-state index in [1.54, 1.807) is 0 Å². The quantitative estimate of drug-likeness (QED) is 0.584. The summed E-state index contributed by atoms with van der Waals surface area (Å²) in [5, 5.41) is 5.16. The molecule has 0 unspecified atom stereocenters. The second-order valence-corrected chi connectivity index (χ2v) is 3.74. The van der Waals surface area contributed by atoms with E-state index in [0.717, 1.165) is 5.56 Å². The Morgan fingerprint density at radius 1 is 0.941 bits per heavy atom. The van der Waals surface area contributed by atoms with Crippen LogP contribution in [-0.4, -0.2) is 15.2 Å². The molecule has 0 spiro atoms. The Balaban J connectivity index is 2.34. The zero-order valence-corrected chi connectivity index (χ0v) is 8.78. The summed E-state index contributed by atoms with van der Waals surface area (Å²) in [7, 11) is 0. The van der Waals surface area contributed by atoms with E-state index in [4.69, 9.17) is 0 Å². The molecule has 0 bridgehead atoms. The van der Waals surface area contributed by atoms with Crippen LogP contribution in [0.15, 0.2) is 46.0 Å². The molecule has 3 aromatic rings. The first-order valence-corrected chi connectivity index (χ1v) is 5.15. The highest BCUT2D eigenvalue weighted by atomic mass is 16.1. The van der Waals surface area contributed by atoms with Gasteiger partial charge in [0.1, 0.15) is 11.0 Å². The summed E-state index contributed by atoms with van der Waals surface area (Å²) >= 11 is 0. The molecule has 0 aliphatic carbocycles. The average molecular weight is 227 g/mol. The van der Waals surface area contributed by atoms with Gasteiger partial charge in [-0.05, 0) is 5.56 Å². The van der Waals surface area contributed by atoms with E-state index in [0.29, 0.717) is 11.3 Å². The fraction of sp³-hybridized carbons (Fsp3) is 0. The van der Waals surface area contributed by atoms with E-state index >= 15 is 0 Å². The first-order valence-electron chi connectivity index (χ1n) is 5.15. The summed E-state index contributed by atoms with van der Waals surface area (Å²) in [5.74, 6) is 0. The van der Waals surface area contributed by atoms with Crippen molar-refractivity contribution in [3.05, 3.63) is 57.0 Å². The maximum atomic E-state index is 11.8. The van der Waals surface area contributed by atoms with Crippen molar-refractivity contribution in [3.63, 3.8) is 0 Å². The van der Waals surface area contributed by atoms with Crippen LogP contribution in [0.5, 0.6) is 0 Å². The smallest absolute Gasteiger partial charge is 0.277 e. The van der Waals surface area contributed by atoms with Crippen molar-refractivity contribution < 1.29 is 0 Å². The van der Waals surface area contributed by atoms with Crippen LogP contribution in [0, 0.1) is 0 Å². The van der Waals surface area contributed by atoms with Crippen molar-refractivity contribution in [2.75, 3.05) is 0 Å². The molecule has 1 aromatic carbocycles. The van der Waals surface area contributed by atoms with E-state index < -0.39 is 5.56 Å². The number of aromatic amines is 3. The van der Waals surface area contributed by atoms with Crippen LogP contribution in [0.2, 0.25) is 0 Å². The molecule has 5 heteroatoms. The van der Waals surface area contributed by atoms with Crippen LogP contribution >= 0.6 is 0 Å². The number of H-pyrrole nitrogens is 3. The Kier molecular flexibility index (Phi) is 1.98. The van der Waals surface area contributed by atoms with Gasteiger partial charge in [-0.1, -0.05) is 30.3 Å². The van der Waals surface area contributed by atoms with Gasteiger partial charge in [-0.25, -0.2) is 0 Å². The van der Waals surface area contributed by atoms with Gasteiger partial charge in [-0.3, -0.25) is 19.8 Å². The Bertz CT molecular complexity index is 781. The van der Waals surface area contributed by atoms with Crippen molar-refractivity contribution in [3.8, 4) is 11.3 Å². The van der Waals surface area contributed by atoms with E-state index in [1.807, 2.05) is 30.3 Å². The molecule has 0 aliphatic heterocycles. The third-order valence-corrected chi connectivity index (χ3v) is 2.64. The molecule has 5 nitrogen and oxygen atoms in total. The minimum atomic E-state index is -0.402. The fourth-order valence-electron chi connectivity index (χ4n) is 1.83. The SMILES string of the molecule is O=c1cc(-c2ccccc2)[nH]c2[nH][nH]c(=O)c12. The Hall–Kier alpha value is -2.56. The molecule has 0 saturated carbocycles. The minimum absolute atomic E-state index is 0.129. The highest BCUT2D eigenvalue weighted by molar-refractivity contribution is 5.77. The third kappa shape index (κ3) is 1.48. The number of rotatable bonds is 1. The maximum absolute atomic E-state index is 11.8. The lowest BCUT2D eigenvalue weighted by Crippen LogP contribution is -2.10. The average Bonchev–Trinajstić information content (AvgIpc) is 2.73. The molecular formula is C12H9N3O2. The van der Waals surface area contributed by atoms with Crippen LogP contribution in [0.1, 0.15) is 0 Å². The van der Waals surface area contributed by atoms with Crippen LogP contribution in [0.4, 0.5) is 0 Å². The molecule has 3 rings (SSSR count). The first kappa shape index (κ1) is 9.65. The number of hydrogen-bond donors (Lipinski definition) is 3.